The summed E-state index contributed by atoms with van der Waals surface area (Å²) in [5, 5.41) is 0. The van der Waals surface area contributed by atoms with Crippen LogP contribution in [0.25, 0.3) is 0 Å². The fourth-order valence-corrected chi connectivity index (χ4v) is 2.40. The van der Waals surface area contributed by atoms with Crippen molar-refractivity contribution < 1.29 is 85.6 Å². The first-order valence-corrected chi connectivity index (χ1v) is 14.5. The normalized spacial score (nSPS) is 9.96. The number of rotatable bonds is 25. The van der Waals surface area contributed by atoms with Gasteiger partial charge in [-0.05, 0) is 0 Å². The standard InChI is InChI=1S/C15H26O9.C9H16O6.C5H10O3/c1-12(16)21-6-4-19-10-15(24-9-8-23-14(3)18)11-20-5-7-22-13(2)17;1-8(10)14-5-3-12-7-13-4-6-15-9(2)11;1-5(6)8-4-3-7-2/h15H,4-11H2,1-3H3;3-7H2,1-2H3;3-4H2,1-2H3. The number of carbonyl (C=O) groups is 6. The van der Waals surface area contributed by atoms with Gasteiger partial charge in [0.05, 0.1) is 52.9 Å². The van der Waals surface area contributed by atoms with E-state index < -0.39 is 6.10 Å². The lowest BCUT2D eigenvalue weighted by Crippen LogP contribution is -2.29. The highest BCUT2D eigenvalue weighted by Gasteiger charge is 2.11. The Morgan fingerprint density at radius 3 is 0.957 bits per heavy atom. The largest absolute Gasteiger partial charge is 0.463 e. The van der Waals surface area contributed by atoms with E-state index in [2.05, 4.69) is 18.9 Å². The molecule has 0 bridgehead atoms. The molecule has 0 heterocycles. The second kappa shape index (κ2) is 37.0. The molecule has 47 heavy (non-hydrogen) atoms. The summed E-state index contributed by atoms with van der Waals surface area (Å²) in [4.78, 5) is 62.6. The molecule has 0 aliphatic rings. The molecule has 0 aliphatic heterocycles. The van der Waals surface area contributed by atoms with Crippen LogP contribution in [0.5, 0.6) is 0 Å². The highest BCUT2D eigenvalue weighted by molar-refractivity contribution is 5.67. The van der Waals surface area contributed by atoms with Gasteiger partial charge in [0.25, 0.3) is 0 Å². The summed E-state index contributed by atoms with van der Waals surface area (Å²) >= 11 is 0. The van der Waals surface area contributed by atoms with Gasteiger partial charge in [-0.1, -0.05) is 0 Å². The van der Waals surface area contributed by atoms with Crippen molar-refractivity contribution in [2.75, 3.05) is 106 Å². The van der Waals surface area contributed by atoms with Gasteiger partial charge in [-0.15, -0.1) is 0 Å². The van der Waals surface area contributed by atoms with Gasteiger partial charge in [0.2, 0.25) is 0 Å². The number of hydrogen-bond donors (Lipinski definition) is 0. The van der Waals surface area contributed by atoms with Crippen molar-refractivity contribution in [1.29, 1.82) is 0 Å². The van der Waals surface area contributed by atoms with Crippen molar-refractivity contribution in [3.05, 3.63) is 0 Å². The van der Waals surface area contributed by atoms with E-state index >= 15 is 0 Å². The van der Waals surface area contributed by atoms with Crippen molar-refractivity contribution in [1.82, 2.24) is 0 Å². The number of esters is 6. The molecule has 0 unspecified atom stereocenters. The molecule has 0 aromatic rings. The van der Waals surface area contributed by atoms with E-state index in [9.17, 15) is 28.8 Å². The summed E-state index contributed by atoms with van der Waals surface area (Å²) in [5.74, 6) is -2.07. The van der Waals surface area contributed by atoms with Crippen LogP contribution < -0.4 is 0 Å². The van der Waals surface area contributed by atoms with Crippen LogP contribution in [-0.2, 0) is 85.6 Å². The lowest BCUT2D eigenvalue weighted by Gasteiger charge is -2.18. The Morgan fingerprint density at radius 2 is 0.660 bits per heavy atom. The molecule has 18 heteroatoms. The van der Waals surface area contributed by atoms with Crippen LogP contribution >= 0.6 is 0 Å². The topological polar surface area (TPSA) is 213 Å². The minimum absolute atomic E-state index is 0.0858. The van der Waals surface area contributed by atoms with Gasteiger partial charge in [0.15, 0.2) is 0 Å². The first kappa shape index (κ1) is 48.0. The monoisotopic (exact) mass is 688 g/mol. The second-order valence-corrected chi connectivity index (χ2v) is 8.61. The molecule has 18 nitrogen and oxygen atoms in total. The summed E-state index contributed by atoms with van der Waals surface area (Å²) in [7, 11) is 1.56. The maximum atomic E-state index is 10.7. The number of carbonyl (C=O) groups excluding carboxylic acids is 6. The van der Waals surface area contributed by atoms with Crippen LogP contribution in [0, 0.1) is 0 Å². The zero-order chi connectivity index (χ0) is 36.1. The molecule has 0 aromatic heterocycles. The molecule has 0 radical (unpaired) electrons. The Labute approximate surface area is 275 Å². The van der Waals surface area contributed by atoms with Gasteiger partial charge >= 0.3 is 35.8 Å². The van der Waals surface area contributed by atoms with E-state index in [0.29, 0.717) is 13.2 Å². The van der Waals surface area contributed by atoms with E-state index in [1.54, 1.807) is 7.11 Å². The molecule has 0 rings (SSSR count). The zero-order valence-corrected chi connectivity index (χ0v) is 28.5. The Bertz CT molecular complexity index is 775. The molecule has 0 spiro atoms. The third-order valence-electron chi connectivity index (χ3n) is 4.24. The van der Waals surface area contributed by atoms with Gasteiger partial charge in [0.1, 0.15) is 52.5 Å². The third-order valence-corrected chi connectivity index (χ3v) is 4.24. The summed E-state index contributed by atoms with van der Waals surface area (Å²) in [6.07, 6.45) is -0.393. The van der Waals surface area contributed by atoms with Crippen LogP contribution in [0.1, 0.15) is 41.5 Å². The first-order chi connectivity index (χ1) is 22.3. The molecule has 0 saturated carbocycles. The van der Waals surface area contributed by atoms with E-state index in [-0.39, 0.29) is 122 Å². The highest BCUT2D eigenvalue weighted by Crippen LogP contribution is 1.97. The minimum atomic E-state index is -0.393. The third kappa shape index (κ3) is 52.4. The molecule has 0 aromatic carbocycles. The fraction of sp³-hybridized carbons (Fsp3) is 0.793. The van der Waals surface area contributed by atoms with Gasteiger partial charge in [0, 0.05) is 48.7 Å². The molecular weight excluding hydrogens is 636 g/mol. The van der Waals surface area contributed by atoms with Crippen LogP contribution in [0.3, 0.4) is 0 Å². The maximum absolute atomic E-state index is 10.7. The summed E-state index contributed by atoms with van der Waals surface area (Å²) in [6.45, 7) is 11.4. The van der Waals surface area contributed by atoms with Gasteiger partial charge in [-0.25, -0.2) is 0 Å². The van der Waals surface area contributed by atoms with Crippen LogP contribution in [0.15, 0.2) is 0 Å². The Kier molecular flexibility index (Phi) is 37.8. The smallest absolute Gasteiger partial charge is 0.302 e. The SMILES string of the molecule is CC(=O)OCCOCC(COCCOC(C)=O)OCCOC(C)=O.CC(=O)OCCOCOCCOC(C)=O.COCCOC(C)=O. The Hall–Kier alpha value is -3.42. The first-order valence-electron chi connectivity index (χ1n) is 14.5. The summed E-state index contributed by atoms with van der Waals surface area (Å²) in [5.41, 5.74) is 0. The van der Waals surface area contributed by atoms with Gasteiger partial charge in [-0.3, -0.25) is 28.8 Å². The maximum Gasteiger partial charge on any atom is 0.302 e. The fourth-order valence-electron chi connectivity index (χ4n) is 2.40. The number of ether oxygens (including phenoxy) is 12. The highest BCUT2D eigenvalue weighted by atomic mass is 16.7. The van der Waals surface area contributed by atoms with Crippen molar-refractivity contribution in [2.24, 2.45) is 0 Å². The number of methoxy groups -OCH3 is 1. The van der Waals surface area contributed by atoms with Gasteiger partial charge in [-0.2, -0.15) is 0 Å². The van der Waals surface area contributed by atoms with E-state index in [0.717, 1.165) is 0 Å². The lowest BCUT2D eigenvalue weighted by atomic mass is 10.4. The Balaban J connectivity index is -0.000000711. The van der Waals surface area contributed by atoms with Crippen molar-refractivity contribution in [3.63, 3.8) is 0 Å². The van der Waals surface area contributed by atoms with E-state index in [1.165, 1.54) is 41.5 Å². The van der Waals surface area contributed by atoms with E-state index in [1.807, 2.05) is 0 Å². The van der Waals surface area contributed by atoms with Crippen molar-refractivity contribution in [2.45, 2.75) is 47.6 Å². The van der Waals surface area contributed by atoms with Crippen molar-refractivity contribution in [3.8, 4) is 0 Å². The molecule has 0 N–H and O–H groups in total. The Morgan fingerprint density at radius 1 is 0.383 bits per heavy atom. The second-order valence-electron chi connectivity index (χ2n) is 8.61. The minimum Gasteiger partial charge on any atom is -0.463 e. The lowest BCUT2D eigenvalue weighted by molar-refractivity contribution is -0.147. The molecular formula is C29H52O18. The quantitative estimate of drug-likeness (QED) is 0.0549. The zero-order valence-electron chi connectivity index (χ0n) is 28.5. The predicted molar refractivity (Wildman–Crippen MR) is 160 cm³/mol. The molecule has 0 atom stereocenters. The molecule has 0 saturated heterocycles. The number of hydrogen-bond acceptors (Lipinski definition) is 18. The summed E-state index contributed by atoms with van der Waals surface area (Å²) in [6, 6.07) is 0. The van der Waals surface area contributed by atoms with Gasteiger partial charge < -0.3 is 56.8 Å². The summed E-state index contributed by atoms with van der Waals surface area (Å²) < 4.78 is 58.7. The molecule has 0 fully saturated rings. The van der Waals surface area contributed by atoms with Crippen molar-refractivity contribution >= 4 is 35.8 Å². The molecule has 276 valence electrons. The molecule has 0 aliphatic carbocycles. The molecule has 0 amide bonds. The van der Waals surface area contributed by atoms with Crippen LogP contribution in [0.4, 0.5) is 0 Å². The van der Waals surface area contributed by atoms with Crippen LogP contribution in [-0.4, -0.2) is 148 Å². The average molecular weight is 689 g/mol. The predicted octanol–water partition coefficient (Wildman–Crippen LogP) is 0.393. The average Bonchev–Trinajstić information content (AvgIpc) is 2.97. The van der Waals surface area contributed by atoms with Crippen LogP contribution in [0.2, 0.25) is 0 Å². The van der Waals surface area contributed by atoms with E-state index in [4.69, 9.17) is 37.9 Å².